The first-order valence-electron chi connectivity index (χ1n) is 11.4. The van der Waals surface area contributed by atoms with Crippen molar-refractivity contribution in [1.29, 1.82) is 0 Å². The predicted octanol–water partition coefficient (Wildman–Crippen LogP) is 8.34. The van der Waals surface area contributed by atoms with Crippen LogP contribution in [0.2, 0.25) is 0 Å². The smallest absolute Gasteiger partial charge is 0.0200 e. The maximum atomic E-state index is 2.51. The van der Waals surface area contributed by atoms with Gasteiger partial charge in [-0.1, -0.05) is 70.8 Å². The summed E-state index contributed by atoms with van der Waals surface area (Å²) in [6.07, 6.45) is 20.6. The molecule has 144 valence electrons. The molecule has 2 saturated carbocycles. The van der Waals surface area contributed by atoms with Crippen molar-refractivity contribution in [3.05, 3.63) is 23.3 Å². The Bertz CT molecular complexity index is 423. The summed E-state index contributed by atoms with van der Waals surface area (Å²) in [7, 11) is 0. The fourth-order valence-corrected chi connectivity index (χ4v) is 5.34. The Morgan fingerprint density at radius 2 is 1.36 bits per heavy atom. The van der Waals surface area contributed by atoms with Crippen molar-refractivity contribution in [3.63, 3.8) is 0 Å². The number of allylic oxidation sites excluding steroid dienone is 4. The van der Waals surface area contributed by atoms with Crippen LogP contribution in [0.5, 0.6) is 0 Å². The minimum Gasteiger partial charge on any atom is -0.0702 e. The molecule has 0 N–H and O–H groups in total. The third-order valence-corrected chi connectivity index (χ3v) is 7.09. The fourth-order valence-electron chi connectivity index (χ4n) is 5.34. The van der Waals surface area contributed by atoms with E-state index in [1.165, 1.54) is 70.6 Å². The lowest BCUT2D eigenvalue weighted by Gasteiger charge is -2.37. The quantitative estimate of drug-likeness (QED) is 0.407. The molecule has 0 saturated heterocycles. The van der Waals surface area contributed by atoms with Gasteiger partial charge in [-0.2, -0.15) is 0 Å². The van der Waals surface area contributed by atoms with Crippen LogP contribution >= 0.6 is 0 Å². The first-order valence-corrected chi connectivity index (χ1v) is 11.4. The topological polar surface area (TPSA) is 0 Å². The molecule has 2 rings (SSSR count). The van der Waals surface area contributed by atoms with Gasteiger partial charge in [-0.05, 0) is 87.4 Å². The van der Waals surface area contributed by atoms with Crippen LogP contribution in [0.4, 0.5) is 0 Å². The summed E-state index contributed by atoms with van der Waals surface area (Å²) < 4.78 is 0. The Labute approximate surface area is 158 Å². The standard InChI is InChI=1S/C25H44/c1-6-21(18-19(3)4)10-13-22(7-2)23-14-16-25(17-15-23)24-11-8-20(5)9-12-24/h10,13,19-20,23-25H,6-9,11-12,14-18H2,1-5H3/b21-10+,22-13+. The normalized spacial score (nSPS) is 32.2. The Morgan fingerprint density at radius 3 is 1.84 bits per heavy atom. The minimum atomic E-state index is 0.776. The molecule has 2 fully saturated rings. The first-order chi connectivity index (χ1) is 12.0. The van der Waals surface area contributed by atoms with Crippen molar-refractivity contribution in [2.45, 2.75) is 105 Å². The molecule has 0 spiro atoms. The van der Waals surface area contributed by atoms with Crippen molar-refractivity contribution in [3.8, 4) is 0 Å². The third-order valence-electron chi connectivity index (χ3n) is 7.09. The lowest BCUT2D eigenvalue weighted by Crippen LogP contribution is -2.25. The fraction of sp³-hybridized carbons (Fsp3) is 0.840. The molecule has 2 aliphatic rings. The average Bonchev–Trinajstić information content (AvgIpc) is 2.62. The second-order valence-electron chi connectivity index (χ2n) is 9.50. The Morgan fingerprint density at radius 1 is 0.800 bits per heavy atom. The number of hydrogen-bond acceptors (Lipinski definition) is 0. The average molecular weight is 345 g/mol. The highest BCUT2D eigenvalue weighted by molar-refractivity contribution is 5.20. The zero-order chi connectivity index (χ0) is 18.2. The van der Waals surface area contributed by atoms with Crippen LogP contribution in [0, 0.1) is 29.6 Å². The van der Waals surface area contributed by atoms with Crippen LogP contribution in [0.3, 0.4) is 0 Å². The zero-order valence-electron chi connectivity index (χ0n) is 17.8. The number of rotatable bonds is 7. The third kappa shape index (κ3) is 6.61. The monoisotopic (exact) mass is 344 g/mol. The molecular weight excluding hydrogens is 300 g/mol. The van der Waals surface area contributed by atoms with Gasteiger partial charge < -0.3 is 0 Å². The van der Waals surface area contributed by atoms with E-state index in [4.69, 9.17) is 0 Å². The van der Waals surface area contributed by atoms with E-state index >= 15 is 0 Å². The molecule has 0 unspecified atom stereocenters. The molecule has 0 aliphatic heterocycles. The van der Waals surface area contributed by atoms with E-state index in [-0.39, 0.29) is 0 Å². The van der Waals surface area contributed by atoms with Crippen LogP contribution in [-0.4, -0.2) is 0 Å². The largest absolute Gasteiger partial charge is 0.0702 e. The summed E-state index contributed by atoms with van der Waals surface area (Å²) >= 11 is 0. The van der Waals surface area contributed by atoms with Gasteiger partial charge in [-0.25, -0.2) is 0 Å². The van der Waals surface area contributed by atoms with E-state index < -0.39 is 0 Å². The Balaban J connectivity index is 1.88. The molecule has 0 bridgehead atoms. The Hall–Kier alpha value is -0.520. The molecule has 0 aromatic heterocycles. The molecule has 0 aromatic carbocycles. The highest BCUT2D eigenvalue weighted by Crippen LogP contribution is 2.43. The van der Waals surface area contributed by atoms with E-state index in [0.717, 1.165) is 29.6 Å². The summed E-state index contributed by atoms with van der Waals surface area (Å²) in [4.78, 5) is 0. The molecule has 0 heteroatoms. The van der Waals surface area contributed by atoms with Crippen LogP contribution in [-0.2, 0) is 0 Å². The van der Waals surface area contributed by atoms with E-state index in [0.29, 0.717) is 0 Å². The van der Waals surface area contributed by atoms with Gasteiger partial charge in [0, 0.05) is 0 Å². The van der Waals surface area contributed by atoms with Crippen LogP contribution < -0.4 is 0 Å². The van der Waals surface area contributed by atoms with Gasteiger partial charge >= 0.3 is 0 Å². The summed E-state index contributed by atoms with van der Waals surface area (Å²) in [6.45, 7) is 11.8. The zero-order valence-corrected chi connectivity index (χ0v) is 17.8. The first kappa shape index (κ1) is 20.8. The second kappa shape index (κ2) is 10.6. The lowest BCUT2D eigenvalue weighted by atomic mass is 9.68. The van der Waals surface area contributed by atoms with Crippen LogP contribution in [0.25, 0.3) is 0 Å². The van der Waals surface area contributed by atoms with Gasteiger partial charge in [0.15, 0.2) is 0 Å². The van der Waals surface area contributed by atoms with E-state index in [9.17, 15) is 0 Å². The van der Waals surface area contributed by atoms with Crippen molar-refractivity contribution in [2.75, 3.05) is 0 Å². The van der Waals surface area contributed by atoms with Gasteiger partial charge in [0.2, 0.25) is 0 Å². The molecule has 0 amide bonds. The molecule has 0 heterocycles. The summed E-state index contributed by atoms with van der Waals surface area (Å²) in [5.41, 5.74) is 3.36. The van der Waals surface area contributed by atoms with Gasteiger partial charge in [0.05, 0.1) is 0 Å². The van der Waals surface area contributed by atoms with Crippen LogP contribution in [0.15, 0.2) is 23.3 Å². The highest BCUT2D eigenvalue weighted by atomic mass is 14.4. The summed E-state index contributed by atoms with van der Waals surface area (Å²) in [6, 6.07) is 0. The Kier molecular flexibility index (Phi) is 8.80. The van der Waals surface area contributed by atoms with E-state index in [1.807, 2.05) is 0 Å². The van der Waals surface area contributed by atoms with Gasteiger partial charge in [-0.3, -0.25) is 0 Å². The predicted molar refractivity (Wildman–Crippen MR) is 113 cm³/mol. The summed E-state index contributed by atoms with van der Waals surface area (Å²) in [5.74, 6) is 4.75. The molecule has 0 atom stereocenters. The highest BCUT2D eigenvalue weighted by Gasteiger charge is 2.30. The van der Waals surface area contributed by atoms with Gasteiger partial charge in [0.1, 0.15) is 0 Å². The van der Waals surface area contributed by atoms with Crippen molar-refractivity contribution < 1.29 is 0 Å². The molecule has 0 nitrogen and oxygen atoms in total. The molecule has 25 heavy (non-hydrogen) atoms. The maximum absolute atomic E-state index is 2.51. The molecule has 2 aliphatic carbocycles. The van der Waals surface area contributed by atoms with Crippen molar-refractivity contribution >= 4 is 0 Å². The van der Waals surface area contributed by atoms with Gasteiger partial charge in [0.25, 0.3) is 0 Å². The van der Waals surface area contributed by atoms with E-state index in [1.54, 1.807) is 11.1 Å². The summed E-state index contributed by atoms with van der Waals surface area (Å²) in [5, 5.41) is 0. The van der Waals surface area contributed by atoms with Crippen LogP contribution in [0.1, 0.15) is 105 Å². The second-order valence-corrected chi connectivity index (χ2v) is 9.50. The minimum absolute atomic E-state index is 0.776. The lowest BCUT2D eigenvalue weighted by molar-refractivity contribution is 0.157. The molecule has 0 aromatic rings. The van der Waals surface area contributed by atoms with E-state index in [2.05, 4.69) is 46.8 Å². The maximum Gasteiger partial charge on any atom is -0.0200 e. The van der Waals surface area contributed by atoms with Gasteiger partial charge in [-0.15, -0.1) is 0 Å². The van der Waals surface area contributed by atoms with Crippen molar-refractivity contribution in [1.82, 2.24) is 0 Å². The number of hydrogen-bond donors (Lipinski definition) is 0. The van der Waals surface area contributed by atoms with Crippen molar-refractivity contribution in [2.24, 2.45) is 29.6 Å². The SMILES string of the molecule is CC/C(=C\C=C(/CC)C1CCC(C2CCC(C)CC2)CC1)CC(C)C. The molecular formula is C25H44. The molecule has 0 radical (unpaired) electrons.